The Kier molecular flexibility index (Phi) is 13.8. The molecule has 38 heavy (non-hydrogen) atoms. The van der Waals surface area contributed by atoms with Gasteiger partial charge in [-0.05, 0) is 30.7 Å². The van der Waals surface area contributed by atoms with Crippen LogP contribution in [0.1, 0.15) is 44.7 Å². The molecule has 0 bridgehead atoms. The molecule has 0 radical (unpaired) electrons. The first kappa shape index (κ1) is 31.8. The van der Waals surface area contributed by atoms with Gasteiger partial charge in [0.05, 0.1) is 12.6 Å². The van der Waals surface area contributed by atoms with E-state index >= 15 is 0 Å². The van der Waals surface area contributed by atoms with Gasteiger partial charge >= 0.3 is 11.9 Å². The van der Waals surface area contributed by atoms with Crippen LogP contribution in [0.2, 0.25) is 0 Å². The number of nitrogens with one attached hydrogen (secondary N) is 6. The molecule has 0 aliphatic rings. The van der Waals surface area contributed by atoms with Gasteiger partial charge in [-0.15, -0.1) is 0 Å². The standard InChI is InChI=1S/C24H37N7O7/c1-14(2)11-17(30-20(23(37)38)15-7-4-3-5-8-15)22(36)31-16(9-6-10-27-24(25)26)21(35)29-12-18(32)28-13-19(33)34/h3-5,7-8,14,16-17,20,30H,6,9-13H2,1-2H3,(H,28,32)(H,29,35)(H,31,36)(H,33,34)(H,37,38)(H4,25,26,27)/t16-,17-,20?/m0/s1. The van der Waals surface area contributed by atoms with Gasteiger partial charge in [-0.1, -0.05) is 44.2 Å². The zero-order chi connectivity index (χ0) is 28.7. The highest BCUT2D eigenvalue weighted by Crippen LogP contribution is 2.16. The van der Waals surface area contributed by atoms with Crippen LogP contribution in [-0.2, 0) is 24.0 Å². The molecule has 0 aliphatic heterocycles. The summed E-state index contributed by atoms with van der Waals surface area (Å²) in [5.74, 6) is -4.68. The maximum Gasteiger partial charge on any atom is 0.325 e. The molecule has 3 atom stereocenters. The van der Waals surface area contributed by atoms with Crippen molar-refractivity contribution in [3.05, 3.63) is 35.9 Å². The summed E-state index contributed by atoms with van der Waals surface area (Å²) in [7, 11) is 0. The van der Waals surface area contributed by atoms with E-state index in [-0.39, 0.29) is 31.3 Å². The zero-order valence-corrected chi connectivity index (χ0v) is 21.5. The van der Waals surface area contributed by atoms with E-state index in [2.05, 4.69) is 26.6 Å². The van der Waals surface area contributed by atoms with Crippen LogP contribution in [0.3, 0.4) is 0 Å². The first-order valence-corrected chi connectivity index (χ1v) is 12.1. The monoisotopic (exact) mass is 535 g/mol. The first-order chi connectivity index (χ1) is 17.9. The Bertz CT molecular complexity index is 972. The van der Waals surface area contributed by atoms with E-state index < -0.39 is 60.9 Å². The van der Waals surface area contributed by atoms with Gasteiger partial charge in [-0.25, -0.2) is 0 Å². The summed E-state index contributed by atoms with van der Waals surface area (Å²) in [6, 6.07) is 5.15. The second-order valence-electron chi connectivity index (χ2n) is 8.96. The summed E-state index contributed by atoms with van der Waals surface area (Å²) in [5, 5.41) is 38.3. The number of nitrogens with two attached hydrogens (primary N) is 1. The number of benzene rings is 1. The molecule has 210 valence electrons. The van der Waals surface area contributed by atoms with Crippen LogP contribution in [0.15, 0.2) is 30.3 Å². The summed E-state index contributed by atoms with van der Waals surface area (Å²) >= 11 is 0. The third kappa shape index (κ3) is 12.7. The van der Waals surface area contributed by atoms with Crippen molar-refractivity contribution in [2.75, 3.05) is 19.6 Å². The van der Waals surface area contributed by atoms with Gasteiger partial charge in [-0.2, -0.15) is 0 Å². The summed E-state index contributed by atoms with van der Waals surface area (Å²) < 4.78 is 0. The number of hydrogen-bond acceptors (Lipinski definition) is 7. The van der Waals surface area contributed by atoms with Crippen molar-refractivity contribution in [1.82, 2.24) is 26.6 Å². The van der Waals surface area contributed by atoms with E-state index in [1.165, 1.54) is 0 Å². The van der Waals surface area contributed by atoms with Crippen molar-refractivity contribution in [2.24, 2.45) is 11.7 Å². The quantitative estimate of drug-likeness (QED) is 0.0661. The minimum Gasteiger partial charge on any atom is -0.480 e. The molecular formula is C24H37N7O7. The van der Waals surface area contributed by atoms with Gasteiger partial charge in [0.1, 0.15) is 18.6 Å². The number of carbonyl (C=O) groups excluding carboxylic acids is 3. The predicted molar refractivity (Wildman–Crippen MR) is 138 cm³/mol. The third-order valence-electron chi connectivity index (χ3n) is 5.25. The molecule has 1 unspecified atom stereocenters. The molecule has 0 spiro atoms. The molecule has 0 fully saturated rings. The molecule has 14 nitrogen and oxygen atoms in total. The van der Waals surface area contributed by atoms with Gasteiger partial charge in [0.25, 0.3) is 0 Å². The van der Waals surface area contributed by atoms with E-state index in [1.54, 1.807) is 30.3 Å². The van der Waals surface area contributed by atoms with Crippen LogP contribution in [-0.4, -0.2) is 77.6 Å². The van der Waals surface area contributed by atoms with E-state index in [0.29, 0.717) is 12.0 Å². The molecule has 1 aromatic carbocycles. The number of guanidine groups is 1. The van der Waals surface area contributed by atoms with Gasteiger partial charge < -0.3 is 37.2 Å². The summed E-state index contributed by atoms with van der Waals surface area (Å²) in [4.78, 5) is 60.5. The highest BCUT2D eigenvalue weighted by molar-refractivity contribution is 5.92. The highest BCUT2D eigenvalue weighted by atomic mass is 16.4. The Morgan fingerprint density at radius 2 is 1.58 bits per heavy atom. The first-order valence-electron chi connectivity index (χ1n) is 12.1. The Morgan fingerprint density at radius 3 is 2.13 bits per heavy atom. The molecule has 0 heterocycles. The van der Waals surface area contributed by atoms with Crippen molar-refractivity contribution in [2.45, 2.75) is 51.2 Å². The smallest absolute Gasteiger partial charge is 0.325 e. The van der Waals surface area contributed by atoms with Gasteiger partial charge in [0.15, 0.2) is 5.96 Å². The lowest BCUT2D eigenvalue weighted by Gasteiger charge is -2.27. The third-order valence-corrected chi connectivity index (χ3v) is 5.25. The van der Waals surface area contributed by atoms with Crippen LogP contribution in [0.5, 0.6) is 0 Å². The van der Waals surface area contributed by atoms with Crippen LogP contribution < -0.4 is 32.3 Å². The Morgan fingerprint density at radius 1 is 0.921 bits per heavy atom. The molecule has 0 saturated carbocycles. The summed E-state index contributed by atoms with van der Waals surface area (Å²) in [6.45, 7) is 2.87. The fourth-order valence-electron chi connectivity index (χ4n) is 3.48. The van der Waals surface area contributed by atoms with Crippen LogP contribution in [0, 0.1) is 11.3 Å². The molecule has 1 rings (SSSR count). The molecule has 0 aromatic heterocycles. The number of aliphatic carboxylic acids is 2. The Balaban J connectivity index is 3.00. The topological polar surface area (TPSA) is 236 Å². The van der Waals surface area contributed by atoms with Crippen LogP contribution in [0.25, 0.3) is 0 Å². The van der Waals surface area contributed by atoms with Crippen molar-refractivity contribution < 1.29 is 34.2 Å². The minimum absolute atomic E-state index is 0.00782. The second-order valence-corrected chi connectivity index (χ2v) is 8.96. The van der Waals surface area contributed by atoms with Crippen molar-refractivity contribution >= 4 is 35.6 Å². The number of hydrogen-bond donors (Lipinski definition) is 9. The van der Waals surface area contributed by atoms with Crippen LogP contribution >= 0.6 is 0 Å². The van der Waals surface area contributed by atoms with E-state index in [4.69, 9.17) is 16.2 Å². The number of carboxylic acid groups (broad SMARTS) is 2. The fourth-order valence-corrected chi connectivity index (χ4v) is 3.48. The molecule has 1 aromatic rings. The fraction of sp³-hybridized carbons (Fsp3) is 0.500. The SMILES string of the molecule is CC(C)C[C@H](NC(C(=O)O)c1ccccc1)C(=O)N[C@@H](CCCNC(=N)N)C(=O)NCC(=O)NCC(=O)O. The summed E-state index contributed by atoms with van der Waals surface area (Å²) in [6.07, 6.45) is 0.720. The van der Waals surface area contributed by atoms with E-state index in [1.807, 2.05) is 13.8 Å². The predicted octanol–water partition coefficient (Wildman–Crippen LogP) is -1.12. The van der Waals surface area contributed by atoms with Crippen molar-refractivity contribution in [3.63, 3.8) is 0 Å². The average molecular weight is 536 g/mol. The molecular weight excluding hydrogens is 498 g/mol. The van der Waals surface area contributed by atoms with Gasteiger partial charge in [0, 0.05) is 6.54 Å². The molecule has 0 aliphatic carbocycles. The number of carboxylic acids is 2. The Hall–Kier alpha value is -4.20. The van der Waals surface area contributed by atoms with E-state index in [9.17, 15) is 29.1 Å². The maximum absolute atomic E-state index is 13.3. The average Bonchev–Trinajstić information content (AvgIpc) is 2.85. The number of rotatable bonds is 17. The minimum atomic E-state index is -1.24. The summed E-state index contributed by atoms with van der Waals surface area (Å²) in [5.41, 5.74) is 5.72. The molecule has 0 saturated heterocycles. The van der Waals surface area contributed by atoms with Gasteiger partial charge in [-0.3, -0.25) is 34.7 Å². The normalized spacial score (nSPS) is 13.0. The molecule has 3 amide bonds. The molecule has 10 N–H and O–H groups in total. The number of amides is 3. The highest BCUT2D eigenvalue weighted by Gasteiger charge is 2.30. The van der Waals surface area contributed by atoms with Crippen LogP contribution in [0.4, 0.5) is 0 Å². The number of carbonyl (C=O) groups is 5. The second kappa shape index (κ2) is 16.5. The maximum atomic E-state index is 13.3. The Labute approximate surface area is 220 Å². The molecule has 14 heteroatoms. The van der Waals surface area contributed by atoms with Crippen molar-refractivity contribution in [3.8, 4) is 0 Å². The lowest BCUT2D eigenvalue weighted by Crippen LogP contribution is -2.55. The van der Waals surface area contributed by atoms with Gasteiger partial charge in [0.2, 0.25) is 17.7 Å². The van der Waals surface area contributed by atoms with E-state index in [0.717, 1.165) is 0 Å². The van der Waals surface area contributed by atoms with Crippen molar-refractivity contribution in [1.29, 1.82) is 5.41 Å². The lowest BCUT2D eigenvalue weighted by atomic mass is 9.99. The zero-order valence-electron chi connectivity index (χ0n) is 21.5. The lowest BCUT2D eigenvalue weighted by molar-refractivity contribution is -0.140. The largest absolute Gasteiger partial charge is 0.480 e.